The minimum atomic E-state index is -0.0879. The van der Waals surface area contributed by atoms with Crippen molar-refractivity contribution in [1.82, 2.24) is 10.2 Å². The third kappa shape index (κ3) is 4.07. The first-order chi connectivity index (χ1) is 9.69. The van der Waals surface area contributed by atoms with Crippen molar-refractivity contribution in [2.45, 2.75) is 19.3 Å². The molecular formula is C16H21N3O. The van der Waals surface area contributed by atoms with Crippen LogP contribution in [0.25, 0.3) is 0 Å². The van der Waals surface area contributed by atoms with Crippen LogP contribution in [0.15, 0.2) is 24.3 Å². The molecule has 0 atom stereocenters. The highest BCUT2D eigenvalue weighted by molar-refractivity contribution is 5.94. The number of hydrogen-bond acceptors (Lipinski definition) is 3. The molecule has 1 fully saturated rings. The maximum Gasteiger partial charge on any atom is 0.251 e. The maximum absolute atomic E-state index is 12.0. The first-order valence-corrected chi connectivity index (χ1v) is 7.16. The minimum absolute atomic E-state index is 0.0879. The molecule has 1 aliphatic heterocycles. The quantitative estimate of drug-likeness (QED) is 0.911. The zero-order valence-corrected chi connectivity index (χ0v) is 11.9. The summed E-state index contributed by atoms with van der Waals surface area (Å²) in [4.78, 5) is 14.3. The molecule has 1 heterocycles. The van der Waals surface area contributed by atoms with Gasteiger partial charge in [0.25, 0.3) is 5.91 Å². The van der Waals surface area contributed by atoms with Crippen molar-refractivity contribution >= 4 is 5.91 Å². The van der Waals surface area contributed by atoms with E-state index in [2.05, 4.69) is 17.3 Å². The fraction of sp³-hybridized carbons (Fsp3) is 0.500. The molecule has 1 saturated heterocycles. The van der Waals surface area contributed by atoms with Crippen molar-refractivity contribution in [2.75, 3.05) is 26.7 Å². The van der Waals surface area contributed by atoms with Gasteiger partial charge in [-0.3, -0.25) is 4.79 Å². The van der Waals surface area contributed by atoms with Gasteiger partial charge in [0, 0.05) is 12.1 Å². The Morgan fingerprint density at radius 2 is 2.20 bits per heavy atom. The molecule has 2 rings (SSSR count). The van der Waals surface area contributed by atoms with Crippen LogP contribution in [0.4, 0.5) is 0 Å². The second-order valence-corrected chi connectivity index (χ2v) is 5.48. The van der Waals surface area contributed by atoms with E-state index in [1.807, 2.05) is 6.07 Å². The Morgan fingerprint density at radius 1 is 1.45 bits per heavy atom. The van der Waals surface area contributed by atoms with E-state index in [-0.39, 0.29) is 5.91 Å². The number of nitrogens with zero attached hydrogens (tertiary/aromatic N) is 2. The lowest BCUT2D eigenvalue weighted by Crippen LogP contribution is -2.32. The van der Waals surface area contributed by atoms with Gasteiger partial charge in [-0.05, 0) is 63.5 Å². The Bertz CT molecular complexity index is 499. The zero-order chi connectivity index (χ0) is 14.4. The zero-order valence-electron chi connectivity index (χ0n) is 11.9. The Morgan fingerprint density at radius 3 is 2.90 bits per heavy atom. The number of nitrogens with one attached hydrogen (secondary N) is 1. The largest absolute Gasteiger partial charge is 0.352 e. The van der Waals surface area contributed by atoms with E-state index in [1.165, 1.54) is 12.8 Å². The first kappa shape index (κ1) is 14.5. The van der Waals surface area contributed by atoms with Crippen molar-refractivity contribution in [2.24, 2.45) is 5.92 Å². The highest BCUT2D eigenvalue weighted by Crippen LogP contribution is 2.18. The number of benzene rings is 1. The number of carbonyl (C=O) groups is 1. The topological polar surface area (TPSA) is 56.1 Å². The van der Waals surface area contributed by atoms with Crippen molar-refractivity contribution in [3.63, 3.8) is 0 Å². The third-order valence-electron chi connectivity index (χ3n) is 3.93. The average Bonchev–Trinajstić information content (AvgIpc) is 2.49. The van der Waals surface area contributed by atoms with Gasteiger partial charge in [0.1, 0.15) is 0 Å². The summed E-state index contributed by atoms with van der Waals surface area (Å²) < 4.78 is 0. The van der Waals surface area contributed by atoms with Crippen LogP contribution in [0.5, 0.6) is 0 Å². The lowest BCUT2D eigenvalue weighted by molar-refractivity contribution is 0.0949. The van der Waals surface area contributed by atoms with Crippen LogP contribution in [0.2, 0.25) is 0 Å². The van der Waals surface area contributed by atoms with Crippen LogP contribution in [0, 0.1) is 17.2 Å². The van der Waals surface area contributed by atoms with E-state index in [4.69, 9.17) is 5.26 Å². The molecule has 0 radical (unpaired) electrons. The predicted molar refractivity (Wildman–Crippen MR) is 78.3 cm³/mol. The molecule has 1 amide bonds. The molecule has 0 bridgehead atoms. The summed E-state index contributed by atoms with van der Waals surface area (Å²) in [6.07, 6.45) is 3.48. The lowest BCUT2D eigenvalue weighted by atomic mass is 9.94. The number of piperidine rings is 1. The van der Waals surface area contributed by atoms with Crippen molar-refractivity contribution < 1.29 is 4.79 Å². The van der Waals surface area contributed by atoms with Crippen molar-refractivity contribution in [1.29, 1.82) is 5.26 Å². The molecule has 1 aliphatic rings. The Balaban J connectivity index is 1.76. The van der Waals surface area contributed by atoms with Crippen LogP contribution in [-0.4, -0.2) is 37.5 Å². The number of carbonyl (C=O) groups excluding carboxylic acids is 1. The Kier molecular flexibility index (Phi) is 5.14. The van der Waals surface area contributed by atoms with Gasteiger partial charge in [-0.25, -0.2) is 0 Å². The smallest absolute Gasteiger partial charge is 0.251 e. The second kappa shape index (κ2) is 7.06. The van der Waals surface area contributed by atoms with Gasteiger partial charge in [0.15, 0.2) is 0 Å². The molecule has 0 saturated carbocycles. The summed E-state index contributed by atoms with van der Waals surface area (Å²) in [5.41, 5.74) is 1.08. The lowest BCUT2D eigenvalue weighted by Gasteiger charge is -2.28. The fourth-order valence-corrected chi connectivity index (χ4v) is 2.57. The fourth-order valence-electron chi connectivity index (χ4n) is 2.57. The van der Waals surface area contributed by atoms with Gasteiger partial charge < -0.3 is 10.2 Å². The SMILES string of the molecule is CN1CCC(CCNC(=O)c2cccc(C#N)c2)CC1. The number of nitriles is 1. The summed E-state index contributed by atoms with van der Waals surface area (Å²) in [5.74, 6) is 0.631. The average molecular weight is 271 g/mol. The van der Waals surface area contributed by atoms with Gasteiger partial charge >= 0.3 is 0 Å². The molecule has 4 heteroatoms. The van der Waals surface area contributed by atoms with E-state index >= 15 is 0 Å². The Labute approximate surface area is 120 Å². The maximum atomic E-state index is 12.0. The molecular weight excluding hydrogens is 250 g/mol. The number of likely N-dealkylation sites (tertiary alicyclic amines) is 1. The molecule has 20 heavy (non-hydrogen) atoms. The van der Waals surface area contributed by atoms with Crippen LogP contribution in [-0.2, 0) is 0 Å². The van der Waals surface area contributed by atoms with E-state index in [0.717, 1.165) is 25.4 Å². The molecule has 0 aliphatic carbocycles. The number of hydrogen-bond donors (Lipinski definition) is 1. The van der Waals surface area contributed by atoms with Gasteiger partial charge in [-0.1, -0.05) is 6.07 Å². The monoisotopic (exact) mass is 271 g/mol. The summed E-state index contributed by atoms with van der Waals surface area (Å²) in [5, 5.41) is 11.8. The molecule has 1 aromatic carbocycles. The molecule has 0 spiro atoms. The minimum Gasteiger partial charge on any atom is -0.352 e. The van der Waals surface area contributed by atoms with Crippen LogP contribution < -0.4 is 5.32 Å². The second-order valence-electron chi connectivity index (χ2n) is 5.48. The summed E-state index contributed by atoms with van der Waals surface area (Å²) in [6.45, 7) is 3.02. The standard InChI is InChI=1S/C16H21N3O/c1-19-9-6-13(7-10-19)5-8-18-16(20)15-4-2-3-14(11-15)12-17/h2-4,11,13H,5-10H2,1H3,(H,18,20). The molecule has 1 aromatic rings. The van der Waals surface area contributed by atoms with Gasteiger partial charge in [0.05, 0.1) is 11.6 Å². The van der Waals surface area contributed by atoms with Gasteiger partial charge in [0.2, 0.25) is 0 Å². The van der Waals surface area contributed by atoms with E-state index in [0.29, 0.717) is 17.7 Å². The number of rotatable bonds is 4. The summed E-state index contributed by atoms with van der Waals surface area (Å²) >= 11 is 0. The number of amides is 1. The Hall–Kier alpha value is -1.86. The third-order valence-corrected chi connectivity index (χ3v) is 3.93. The predicted octanol–water partition coefficient (Wildman–Crippen LogP) is 2.02. The van der Waals surface area contributed by atoms with Gasteiger partial charge in [-0.15, -0.1) is 0 Å². The van der Waals surface area contributed by atoms with Gasteiger partial charge in [-0.2, -0.15) is 5.26 Å². The summed E-state index contributed by atoms with van der Waals surface area (Å²) in [6, 6.07) is 8.87. The van der Waals surface area contributed by atoms with E-state index < -0.39 is 0 Å². The first-order valence-electron chi connectivity index (χ1n) is 7.16. The van der Waals surface area contributed by atoms with E-state index in [9.17, 15) is 4.79 Å². The van der Waals surface area contributed by atoms with Crippen LogP contribution >= 0.6 is 0 Å². The molecule has 4 nitrogen and oxygen atoms in total. The molecule has 0 unspecified atom stereocenters. The van der Waals surface area contributed by atoms with Crippen molar-refractivity contribution in [3.05, 3.63) is 35.4 Å². The van der Waals surface area contributed by atoms with Crippen molar-refractivity contribution in [3.8, 4) is 6.07 Å². The highest BCUT2D eigenvalue weighted by atomic mass is 16.1. The molecule has 0 aromatic heterocycles. The van der Waals surface area contributed by atoms with Crippen LogP contribution in [0.3, 0.4) is 0 Å². The summed E-state index contributed by atoms with van der Waals surface area (Å²) in [7, 11) is 2.15. The van der Waals surface area contributed by atoms with Crippen LogP contribution in [0.1, 0.15) is 35.2 Å². The molecule has 106 valence electrons. The molecule has 1 N–H and O–H groups in total. The highest BCUT2D eigenvalue weighted by Gasteiger charge is 2.16. The normalized spacial score (nSPS) is 16.6. The van der Waals surface area contributed by atoms with E-state index in [1.54, 1.807) is 24.3 Å².